The predicted octanol–water partition coefficient (Wildman–Crippen LogP) is 3.67. The van der Waals surface area contributed by atoms with E-state index in [-0.39, 0.29) is 12.0 Å². The summed E-state index contributed by atoms with van der Waals surface area (Å²) in [5, 5.41) is 3.11. The van der Waals surface area contributed by atoms with Gasteiger partial charge < -0.3 is 23.8 Å². The van der Waals surface area contributed by atoms with Crippen molar-refractivity contribution in [3.05, 3.63) is 53.0 Å². The van der Waals surface area contributed by atoms with Crippen molar-refractivity contribution in [1.82, 2.24) is 14.4 Å². The molecular weight excluding hydrogens is 402 g/mol. The molecule has 158 valence electrons. The molecule has 1 saturated heterocycles. The maximum absolute atomic E-state index is 13.3. The lowest BCUT2D eigenvalue weighted by molar-refractivity contribution is 0.0563. The van der Waals surface area contributed by atoms with Gasteiger partial charge in [-0.25, -0.2) is 4.79 Å². The fourth-order valence-electron chi connectivity index (χ4n) is 3.69. The first-order chi connectivity index (χ1) is 14.6. The third kappa shape index (κ3) is 4.00. The third-order valence-electron chi connectivity index (χ3n) is 5.31. The number of fused-ring (bicyclic) bond motifs is 1. The molecule has 1 fully saturated rings. The van der Waals surface area contributed by atoms with Crippen molar-refractivity contribution < 1.29 is 19.1 Å². The van der Waals surface area contributed by atoms with Crippen LogP contribution in [0.25, 0.3) is 10.2 Å². The quantitative estimate of drug-likeness (QED) is 0.623. The number of piperazine rings is 1. The summed E-state index contributed by atoms with van der Waals surface area (Å²) >= 11 is 1.63. The largest absolute Gasteiger partial charge is 0.497 e. The molecule has 1 aliphatic heterocycles. The Labute approximate surface area is 179 Å². The monoisotopic (exact) mass is 427 g/mol. The molecule has 0 bridgehead atoms. The Morgan fingerprint density at radius 2 is 1.73 bits per heavy atom. The molecule has 0 N–H and O–H groups in total. The second kappa shape index (κ2) is 8.79. The average molecular weight is 428 g/mol. The highest BCUT2D eigenvalue weighted by Crippen LogP contribution is 2.28. The van der Waals surface area contributed by atoms with E-state index < -0.39 is 0 Å². The van der Waals surface area contributed by atoms with E-state index in [4.69, 9.17) is 9.47 Å². The number of hydrogen-bond acceptors (Lipinski definition) is 5. The first-order valence-electron chi connectivity index (χ1n) is 10.0. The van der Waals surface area contributed by atoms with Crippen LogP contribution in [0, 0.1) is 0 Å². The molecule has 4 rings (SSSR count). The van der Waals surface area contributed by atoms with Gasteiger partial charge >= 0.3 is 6.09 Å². The molecule has 30 heavy (non-hydrogen) atoms. The van der Waals surface area contributed by atoms with Gasteiger partial charge in [-0.3, -0.25) is 4.79 Å². The van der Waals surface area contributed by atoms with E-state index in [0.717, 1.165) is 21.5 Å². The minimum atomic E-state index is -0.312. The van der Waals surface area contributed by atoms with Crippen molar-refractivity contribution in [2.75, 3.05) is 39.9 Å². The smallest absolute Gasteiger partial charge is 0.409 e. The fraction of sp³-hybridized carbons (Fsp3) is 0.364. The number of ether oxygens (including phenoxy) is 2. The average Bonchev–Trinajstić information content (AvgIpc) is 3.37. The zero-order chi connectivity index (χ0) is 21.1. The molecule has 1 aromatic carbocycles. The number of methoxy groups -OCH3 is 1. The van der Waals surface area contributed by atoms with Gasteiger partial charge in [0.05, 0.1) is 13.7 Å². The lowest BCUT2D eigenvalue weighted by Crippen LogP contribution is -2.51. The summed E-state index contributed by atoms with van der Waals surface area (Å²) in [6.07, 6.45) is -0.312. The van der Waals surface area contributed by atoms with Gasteiger partial charge in [-0.1, -0.05) is 12.1 Å². The Bertz CT molecular complexity index is 1030. The normalized spacial score (nSPS) is 14.2. The number of hydrogen-bond donors (Lipinski definition) is 0. The second-order valence-corrected chi connectivity index (χ2v) is 8.02. The first-order valence-corrected chi connectivity index (χ1v) is 10.9. The van der Waals surface area contributed by atoms with Gasteiger partial charge in [0.25, 0.3) is 5.91 Å². The standard InChI is InChI=1S/C22H25N3O4S/c1-3-29-22(27)24-11-9-23(10-12-24)20(26)19-14-17-8-13-30-21(17)25(19)15-16-4-6-18(28-2)7-5-16/h4-8,13-14H,3,9-12,15H2,1-2H3. The molecule has 0 radical (unpaired) electrons. The van der Waals surface area contributed by atoms with E-state index in [2.05, 4.69) is 4.57 Å². The minimum Gasteiger partial charge on any atom is -0.497 e. The number of nitrogens with zero attached hydrogens (tertiary/aromatic N) is 3. The van der Waals surface area contributed by atoms with Crippen LogP contribution in [0.3, 0.4) is 0 Å². The van der Waals surface area contributed by atoms with Gasteiger partial charge in [-0.05, 0) is 42.1 Å². The van der Waals surface area contributed by atoms with Gasteiger partial charge in [0.2, 0.25) is 0 Å². The van der Waals surface area contributed by atoms with Gasteiger partial charge in [0, 0.05) is 38.1 Å². The summed E-state index contributed by atoms with van der Waals surface area (Å²) in [5.41, 5.74) is 1.78. The SMILES string of the molecule is CCOC(=O)N1CCN(C(=O)c2cc3ccsc3n2Cc2ccc(OC)cc2)CC1. The Morgan fingerprint density at radius 1 is 1.03 bits per heavy atom. The Morgan fingerprint density at radius 3 is 2.40 bits per heavy atom. The number of benzene rings is 1. The predicted molar refractivity (Wildman–Crippen MR) is 116 cm³/mol. The van der Waals surface area contributed by atoms with E-state index in [1.807, 2.05) is 46.7 Å². The summed E-state index contributed by atoms with van der Waals surface area (Å²) in [6, 6.07) is 11.9. The molecule has 3 aromatic rings. The van der Waals surface area contributed by atoms with E-state index in [1.54, 1.807) is 30.3 Å². The Kier molecular flexibility index (Phi) is 5.94. The van der Waals surface area contributed by atoms with Gasteiger partial charge in [0.1, 0.15) is 16.3 Å². The highest BCUT2D eigenvalue weighted by Gasteiger charge is 2.28. The van der Waals surface area contributed by atoms with E-state index in [9.17, 15) is 9.59 Å². The molecule has 8 heteroatoms. The molecule has 7 nitrogen and oxygen atoms in total. The van der Waals surface area contributed by atoms with Crippen molar-refractivity contribution in [2.45, 2.75) is 13.5 Å². The number of amides is 2. The molecule has 2 amide bonds. The van der Waals surface area contributed by atoms with Crippen LogP contribution >= 0.6 is 11.3 Å². The number of carbonyl (C=O) groups is 2. The van der Waals surface area contributed by atoms with Crippen LogP contribution in [-0.2, 0) is 11.3 Å². The Hall–Kier alpha value is -3.00. The second-order valence-electron chi connectivity index (χ2n) is 7.12. The summed E-state index contributed by atoms with van der Waals surface area (Å²) in [5.74, 6) is 0.804. The van der Waals surface area contributed by atoms with Gasteiger partial charge in [-0.2, -0.15) is 0 Å². The minimum absolute atomic E-state index is 0.00424. The zero-order valence-corrected chi connectivity index (χ0v) is 18.0. The van der Waals surface area contributed by atoms with Crippen LogP contribution in [-0.4, -0.2) is 66.3 Å². The van der Waals surface area contributed by atoms with Crippen LogP contribution in [0.1, 0.15) is 23.0 Å². The lowest BCUT2D eigenvalue weighted by Gasteiger charge is -2.34. The van der Waals surface area contributed by atoms with Crippen LogP contribution in [0.5, 0.6) is 5.75 Å². The molecule has 0 aliphatic carbocycles. The lowest BCUT2D eigenvalue weighted by atomic mass is 10.2. The summed E-state index contributed by atoms with van der Waals surface area (Å²) in [6.45, 7) is 4.72. The molecule has 0 spiro atoms. The third-order valence-corrected chi connectivity index (χ3v) is 6.27. The number of carbonyl (C=O) groups excluding carboxylic acids is 2. The summed E-state index contributed by atoms with van der Waals surface area (Å²) in [4.78, 5) is 29.8. The highest BCUT2D eigenvalue weighted by molar-refractivity contribution is 7.16. The maximum Gasteiger partial charge on any atom is 0.409 e. The van der Waals surface area contributed by atoms with E-state index in [0.29, 0.717) is 45.0 Å². The zero-order valence-electron chi connectivity index (χ0n) is 17.2. The van der Waals surface area contributed by atoms with Crippen molar-refractivity contribution in [3.63, 3.8) is 0 Å². The highest BCUT2D eigenvalue weighted by atomic mass is 32.1. The van der Waals surface area contributed by atoms with Crippen molar-refractivity contribution in [2.24, 2.45) is 0 Å². The van der Waals surface area contributed by atoms with Crippen molar-refractivity contribution in [1.29, 1.82) is 0 Å². The molecular formula is C22H25N3O4S. The van der Waals surface area contributed by atoms with E-state index in [1.165, 1.54) is 0 Å². The Balaban J connectivity index is 1.54. The summed E-state index contributed by atoms with van der Waals surface area (Å²) in [7, 11) is 1.65. The van der Waals surface area contributed by atoms with Crippen LogP contribution < -0.4 is 4.74 Å². The molecule has 0 unspecified atom stereocenters. The fourth-order valence-corrected chi connectivity index (χ4v) is 4.59. The van der Waals surface area contributed by atoms with Crippen LogP contribution in [0.4, 0.5) is 4.79 Å². The number of rotatable bonds is 5. The summed E-state index contributed by atoms with van der Waals surface area (Å²) < 4.78 is 12.4. The molecule has 0 atom stereocenters. The number of aromatic nitrogens is 1. The maximum atomic E-state index is 13.3. The number of thiophene rings is 1. The van der Waals surface area contributed by atoms with Crippen molar-refractivity contribution in [3.8, 4) is 5.75 Å². The first kappa shape index (κ1) is 20.3. The molecule has 0 saturated carbocycles. The van der Waals surface area contributed by atoms with Crippen LogP contribution in [0.2, 0.25) is 0 Å². The molecule has 1 aliphatic rings. The molecule has 2 aromatic heterocycles. The van der Waals surface area contributed by atoms with Gasteiger partial charge in [0.15, 0.2) is 0 Å². The van der Waals surface area contributed by atoms with Crippen LogP contribution in [0.15, 0.2) is 41.8 Å². The topological polar surface area (TPSA) is 64.0 Å². The van der Waals surface area contributed by atoms with Crippen molar-refractivity contribution >= 4 is 33.6 Å². The van der Waals surface area contributed by atoms with E-state index >= 15 is 0 Å². The molecule has 3 heterocycles. The van der Waals surface area contributed by atoms with Gasteiger partial charge in [-0.15, -0.1) is 11.3 Å².